The molecule has 1 fully saturated rings. The third kappa shape index (κ3) is 2.94. The van der Waals surface area contributed by atoms with E-state index in [1.54, 1.807) is 6.07 Å². The molecular formula is C15H14F3N3. The summed E-state index contributed by atoms with van der Waals surface area (Å²) in [5.74, 6) is -1.65. The zero-order valence-electron chi connectivity index (χ0n) is 11.3. The number of benzene rings is 1. The first-order valence-corrected chi connectivity index (χ1v) is 6.70. The Balaban J connectivity index is 1.70. The number of hydrogen-bond donors (Lipinski definition) is 0. The van der Waals surface area contributed by atoms with Gasteiger partial charge >= 0.3 is 0 Å². The molecule has 2 aromatic rings. The second-order valence-electron chi connectivity index (χ2n) is 4.91. The van der Waals surface area contributed by atoms with Gasteiger partial charge in [-0.1, -0.05) is 0 Å². The molecule has 0 saturated carbocycles. The number of anilines is 2. The number of hydrogen-bond acceptors (Lipinski definition) is 3. The van der Waals surface area contributed by atoms with E-state index < -0.39 is 17.6 Å². The van der Waals surface area contributed by atoms with Gasteiger partial charge in [0.2, 0.25) is 5.95 Å². The lowest BCUT2D eigenvalue weighted by molar-refractivity contribution is 0.568. The second-order valence-corrected chi connectivity index (χ2v) is 4.91. The maximum Gasteiger partial charge on any atom is 0.214 e. The lowest BCUT2D eigenvalue weighted by Crippen LogP contribution is -2.46. The molecule has 6 heteroatoms. The van der Waals surface area contributed by atoms with Crippen molar-refractivity contribution in [2.75, 3.05) is 36.0 Å². The molecule has 1 aliphatic rings. The van der Waals surface area contributed by atoms with E-state index in [2.05, 4.69) is 4.98 Å². The predicted molar refractivity (Wildman–Crippen MR) is 75.0 cm³/mol. The van der Waals surface area contributed by atoms with Gasteiger partial charge in [-0.05, 0) is 18.2 Å². The molecule has 3 nitrogen and oxygen atoms in total. The topological polar surface area (TPSA) is 19.4 Å². The van der Waals surface area contributed by atoms with Crippen LogP contribution >= 0.6 is 0 Å². The third-order valence-corrected chi connectivity index (χ3v) is 3.61. The molecule has 21 heavy (non-hydrogen) atoms. The molecule has 0 N–H and O–H groups in total. The fraction of sp³-hybridized carbons (Fsp3) is 0.267. The van der Waals surface area contributed by atoms with Gasteiger partial charge in [0.25, 0.3) is 0 Å². The van der Waals surface area contributed by atoms with E-state index in [0.717, 1.165) is 11.8 Å². The normalized spacial score (nSPS) is 15.4. The van der Waals surface area contributed by atoms with Gasteiger partial charge in [-0.25, -0.2) is 13.8 Å². The number of piperazine rings is 1. The molecule has 0 spiro atoms. The van der Waals surface area contributed by atoms with Crippen molar-refractivity contribution in [1.29, 1.82) is 0 Å². The lowest BCUT2D eigenvalue weighted by atomic mass is 10.2. The summed E-state index contributed by atoms with van der Waals surface area (Å²) in [6, 6.07) is 6.72. The Bertz CT molecular complexity index is 640. The molecule has 1 saturated heterocycles. The summed E-state index contributed by atoms with van der Waals surface area (Å²) in [5, 5.41) is 0. The van der Waals surface area contributed by atoms with E-state index in [9.17, 15) is 13.2 Å². The van der Waals surface area contributed by atoms with E-state index in [0.29, 0.717) is 31.9 Å². The first-order valence-electron chi connectivity index (χ1n) is 6.70. The number of rotatable bonds is 2. The van der Waals surface area contributed by atoms with Crippen LogP contribution in [0.4, 0.5) is 24.5 Å². The number of halogens is 3. The van der Waals surface area contributed by atoms with E-state index in [4.69, 9.17) is 0 Å². The average Bonchev–Trinajstić information content (AvgIpc) is 2.47. The summed E-state index contributed by atoms with van der Waals surface area (Å²) in [7, 11) is 0. The van der Waals surface area contributed by atoms with Crippen LogP contribution in [0.2, 0.25) is 0 Å². The van der Waals surface area contributed by atoms with Crippen LogP contribution in [0.5, 0.6) is 0 Å². The van der Waals surface area contributed by atoms with Crippen LogP contribution in [0.25, 0.3) is 0 Å². The molecule has 3 rings (SSSR count). The first-order chi connectivity index (χ1) is 10.1. The van der Waals surface area contributed by atoms with Gasteiger partial charge < -0.3 is 9.80 Å². The van der Waals surface area contributed by atoms with Crippen molar-refractivity contribution in [3.8, 4) is 0 Å². The molecule has 0 aliphatic carbocycles. The van der Waals surface area contributed by atoms with Crippen molar-refractivity contribution >= 4 is 11.4 Å². The number of pyridine rings is 1. The minimum atomic E-state index is -0.581. The van der Waals surface area contributed by atoms with Gasteiger partial charge in [-0.2, -0.15) is 4.39 Å². The van der Waals surface area contributed by atoms with Gasteiger partial charge in [-0.15, -0.1) is 0 Å². The second kappa shape index (κ2) is 5.63. The molecule has 0 amide bonds. The highest BCUT2D eigenvalue weighted by Gasteiger charge is 2.20. The van der Waals surface area contributed by atoms with Gasteiger partial charge in [0, 0.05) is 50.2 Å². The fourth-order valence-electron chi connectivity index (χ4n) is 2.53. The summed E-state index contributed by atoms with van der Waals surface area (Å²) in [6.07, 6.45) is 1.43. The minimum absolute atomic E-state index is 0.400. The van der Waals surface area contributed by atoms with Crippen molar-refractivity contribution in [3.05, 3.63) is 54.1 Å². The van der Waals surface area contributed by atoms with Crippen LogP contribution < -0.4 is 9.80 Å². The van der Waals surface area contributed by atoms with Gasteiger partial charge in [0.15, 0.2) is 0 Å². The predicted octanol–water partition coefficient (Wildman–Crippen LogP) is 2.83. The van der Waals surface area contributed by atoms with Gasteiger partial charge in [0.05, 0.1) is 5.69 Å². The zero-order valence-corrected chi connectivity index (χ0v) is 11.3. The monoisotopic (exact) mass is 293 g/mol. The molecule has 1 aliphatic heterocycles. The Hall–Kier alpha value is -2.24. The summed E-state index contributed by atoms with van der Waals surface area (Å²) >= 11 is 0. The summed E-state index contributed by atoms with van der Waals surface area (Å²) in [6.45, 7) is 2.46. The quantitative estimate of drug-likeness (QED) is 0.794. The Labute approximate surface area is 120 Å². The standard InChI is InChI=1S/C15H14F3N3/c16-11-1-2-14(13(17)9-11)21-7-5-20(6-8-21)12-3-4-19-15(18)10-12/h1-4,9-10H,5-8H2. The lowest BCUT2D eigenvalue weighted by Gasteiger charge is -2.37. The highest BCUT2D eigenvalue weighted by Crippen LogP contribution is 2.23. The average molecular weight is 293 g/mol. The van der Waals surface area contributed by atoms with Crippen molar-refractivity contribution in [1.82, 2.24) is 4.98 Å². The smallest absolute Gasteiger partial charge is 0.214 e. The first kappa shape index (κ1) is 13.7. The summed E-state index contributed by atoms with van der Waals surface area (Å²) in [4.78, 5) is 7.41. The number of aromatic nitrogens is 1. The molecule has 110 valence electrons. The Kier molecular flexibility index (Phi) is 3.68. The van der Waals surface area contributed by atoms with Crippen LogP contribution in [0.1, 0.15) is 0 Å². The number of nitrogens with zero attached hydrogens (tertiary/aromatic N) is 3. The van der Waals surface area contributed by atoms with Crippen molar-refractivity contribution in [2.24, 2.45) is 0 Å². The van der Waals surface area contributed by atoms with Crippen molar-refractivity contribution in [3.63, 3.8) is 0 Å². The maximum absolute atomic E-state index is 13.8. The molecule has 2 heterocycles. The SMILES string of the molecule is Fc1ccc(N2CCN(c3ccnc(F)c3)CC2)c(F)c1. The van der Waals surface area contributed by atoms with Crippen LogP contribution in [0.15, 0.2) is 36.5 Å². The van der Waals surface area contributed by atoms with Gasteiger partial charge in [-0.3, -0.25) is 0 Å². The van der Waals surface area contributed by atoms with E-state index in [-0.39, 0.29) is 0 Å². The van der Waals surface area contributed by atoms with Gasteiger partial charge in [0.1, 0.15) is 11.6 Å². The van der Waals surface area contributed by atoms with E-state index in [1.807, 2.05) is 9.80 Å². The third-order valence-electron chi connectivity index (χ3n) is 3.61. The zero-order chi connectivity index (χ0) is 14.8. The van der Waals surface area contributed by atoms with Crippen LogP contribution in [-0.2, 0) is 0 Å². The van der Waals surface area contributed by atoms with E-state index >= 15 is 0 Å². The molecule has 0 bridgehead atoms. The largest absolute Gasteiger partial charge is 0.368 e. The van der Waals surface area contributed by atoms with E-state index in [1.165, 1.54) is 24.4 Å². The fourth-order valence-corrected chi connectivity index (χ4v) is 2.53. The maximum atomic E-state index is 13.8. The van der Waals surface area contributed by atoms with Crippen LogP contribution in [0, 0.1) is 17.6 Å². The van der Waals surface area contributed by atoms with Crippen LogP contribution in [-0.4, -0.2) is 31.2 Å². The molecule has 0 radical (unpaired) electrons. The Morgan fingerprint density at radius 3 is 2.24 bits per heavy atom. The molecular weight excluding hydrogens is 279 g/mol. The highest BCUT2D eigenvalue weighted by atomic mass is 19.1. The molecule has 0 unspecified atom stereocenters. The van der Waals surface area contributed by atoms with Crippen molar-refractivity contribution < 1.29 is 13.2 Å². The molecule has 1 aromatic heterocycles. The highest BCUT2D eigenvalue weighted by molar-refractivity contribution is 5.52. The Morgan fingerprint density at radius 1 is 0.857 bits per heavy atom. The Morgan fingerprint density at radius 2 is 1.57 bits per heavy atom. The molecule has 1 aromatic carbocycles. The summed E-state index contributed by atoms with van der Waals surface area (Å²) < 4.78 is 39.8. The van der Waals surface area contributed by atoms with Crippen molar-refractivity contribution in [2.45, 2.75) is 0 Å². The summed E-state index contributed by atoms with van der Waals surface area (Å²) in [5.41, 5.74) is 1.17. The van der Waals surface area contributed by atoms with Crippen LogP contribution in [0.3, 0.4) is 0 Å². The molecule has 0 atom stereocenters. The minimum Gasteiger partial charge on any atom is -0.368 e.